The lowest BCUT2D eigenvalue weighted by atomic mass is 9.43. The van der Waals surface area contributed by atoms with Crippen LogP contribution in [0.5, 0.6) is 0 Å². The summed E-state index contributed by atoms with van der Waals surface area (Å²) in [6, 6.07) is 0.260. The van der Waals surface area contributed by atoms with Crippen molar-refractivity contribution >= 4 is 0 Å². The van der Waals surface area contributed by atoms with Gasteiger partial charge in [-0.2, -0.15) is 0 Å². The second kappa shape index (κ2) is 5.76. The van der Waals surface area contributed by atoms with Gasteiger partial charge in [0.2, 0.25) is 0 Å². The maximum atomic E-state index is 11.7. The van der Waals surface area contributed by atoms with E-state index in [1.807, 2.05) is 7.11 Å². The standard InChI is InChI=1S/C23H37NO5/c1-5-24-10-21(2)15-7-13-20(24)23(15,17(26)8-16(21)25)12-6-11-14(28-3)9-22(13,29-4)18(12)19(11)27/h11-20,25-27H,5-10H2,1-4H3/t11?,12?,13?,14-,15?,16+,17-,18?,19?,20?,21-,22-,23?/m0/s1. The van der Waals surface area contributed by atoms with E-state index in [1.165, 1.54) is 0 Å². The Morgan fingerprint density at radius 3 is 2.45 bits per heavy atom. The minimum atomic E-state index is -0.521. The summed E-state index contributed by atoms with van der Waals surface area (Å²) in [5.41, 5.74) is -0.871. The molecule has 6 nitrogen and oxygen atoms in total. The molecule has 6 rings (SSSR count). The van der Waals surface area contributed by atoms with Crippen LogP contribution in [0.25, 0.3) is 0 Å². The van der Waals surface area contributed by atoms with Gasteiger partial charge in [-0.1, -0.05) is 13.8 Å². The van der Waals surface area contributed by atoms with Crippen molar-refractivity contribution in [2.45, 2.75) is 75.6 Å². The topological polar surface area (TPSA) is 82.4 Å². The Morgan fingerprint density at radius 2 is 1.79 bits per heavy atom. The molecule has 7 bridgehead atoms. The number of hydrogen-bond donors (Lipinski definition) is 3. The third kappa shape index (κ3) is 1.81. The number of fused-ring (bicyclic) bond motifs is 2. The van der Waals surface area contributed by atoms with E-state index in [-0.39, 0.29) is 52.6 Å². The smallest absolute Gasteiger partial charge is 0.0802 e. The lowest BCUT2D eigenvalue weighted by Gasteiger charge is -2.69. The van der Waals surface area contributed by atoms with Crippen LogP contribution in [0, 0.1) is 40.4 Å². The number of piperidine rings is 1. The maximum absolute atomic E-state index is 11.7. The van der Waals surface area contributed by atoms with Crippen LogP contribution in [0.2, 0.25) is 0 Å². The zero-order valence-electron chi connectivity index (χ0n) is 18.1. The molecular formula is C23H37NO5. The van der Waals surface area contributed by atoms with E-state index in [0.29, 0.717) is 6.42 Å². The molecule has 5 saturated carbocycles. The molecule has 0 aromatic heterocycles. The van der Waals surface area contributed by atoms with Crippen molar-refractivity contribution in [3.63, 3.8) is 0 Å². The molecule has 5 aliphatic carbocycles. The highest BCUT2D eigenvalue weighted by molar-refractivity contribution is 5.33. The van der Waals surface area contributed by atoms with E-state index >= 15 is 0 Å². The van der Waals surface area contributed by atoms with Crippen LogP contribution in [0.1, 0.15) is 39.5 Å². The van der Waals surface area contributed by atoms with Gasteiger partial charge in [-0.3, -0.25) is 4.90 Å². The number of aliphatic hydroxyl groups is 3. The molecule has 29 heavy (non-hydrogen) atoms. The van der Waals surface area contributed by atoms with Gasteiger partial charge in [0, 0.05) is 68.2 Å². The molecule has 0 aromatic carbocycles. The first-order valence-corrected chi connectivity index (χ1v) is 11.7. The van der Waals surface area contributed by atoms with Gasteiger partial charge in [0.25, 0.3) is 0 Å². The fourth-order valence-electron chi connectivity index (χ4n) is 10.4. The minimum absolute atomic E-state index is 0.00888. The van der Waals surface area contributed by atoms with Crippen LogP contribution >= 0.6 is 0 Å². The molecule has 164 valence electrons. The molecule has 6 aliphatic rings. The van der Waals surface area contributed by atoms with Gasteiger partial charge in [-0.15, -0.1) is 0 Å². The first-order valence-electron chi connectivity index (χ1n) is 11.7. The second-order valence-corrected chi connectivity index (χ2v) is 11.3. The summed E-state index contributed by atoms with van der Waals surface area (Å²) in [5.74, 6) is 0.926. The number of likely N-dealkylation sites (tertiary alicyclic amines) is 1. The molecule has 1 saturated heterocycles. The van der Waals surface area contributed by atoms with Crippen molar-refractivity contribution in [3.05, 3.63) is 0 Å². The predicted octanol–water partition coefficient (Wildman–Crippen LogP) is 0.876. The molecule has 0 aromatic rings. The Bertz CT molecular complexity index is 719. The quantitative estimate of drug-likeness (QED) is 0.644. The third-order valence-corrected chi connectivity index (χ3v) is 11.2. The van der Waals surface area contributed by atoms with Gasteiger partial charge in [-0.05, 0) is 31.2 Å². The van der Waals surface area contributed by atoms with Gasteiger partial charge in [0.15, 0.2) is 0 Å². The Kier molecular flexibility index (Phi) is 3.86. The number of rotatable bonds is 3. The molecule has 3 N–H and O–H groups in total. The summed E-state index contributed by atoms with van der Waals surface area (Å²) in [7, 11) is 3.59. The van der Waals surface area contributed by atoms with Gasteiger partial charge < -0.3 is 24.8 Å². The van der Waals surface area contributed by atoms with Gasteiger partial charge in [0.05, 0.1) is 30.0 Å². The maximum Gasteiger partial charge on any atom is 0.0802 e. The molecule has 8 unspecified atom stereocenters. The van der Waals surface area contributed by atoms with Crippen molar-refractivity contribution in [1.29, 1.82) is 0 Å². The average Bonchev–Trinajstić information content (AvgIpc) is 3.12. The first-order chi connectivity index (χ1) is 13.8. The molecule has 1 spiro atoms. The third-order valence-electron chi connectivity index (χ3n) is 11.2. The number of methoxy groups -OCH3 is 2. The van der Waals surface area contributed by atoms with E-state index in [9.17, 15) is 15.3 Å². The molecule has 0 amide bonds. The number of ether oxygens (including phenoxy) is 2. The summed E-state index contributed by atoms with van der Waals surface area (Å²) in [6.45, 7) is 6.27. The molecular weight excluding hydrogens is 370 g/mol. The zero-order valence-corrected chi connectivity index (χ0v) is 18.1. The first kappa shape index (κ1) is 19.4. The van der Waals surface area contributed by atoms with E-state index in [4.69, 9.17) is 9.47 Å². The number of aliphatic hydroxyl groups excluding tert-OH is 3. The molecule has 6 heteroatoms. The summed E-state index contributed by atoms with van der Waals surface area (Å²) in [5, 5.41) is 34.3. The largest absolute Gasteiger partial charge is 0.392 e. The second-order valence-electron chi connectivity index (χ2n) is 11.3. The molecule has 1 heterocycles. The van der Waals surface area contributed by atoms with Crippen LogP contribution in [-0.2, 0) is 9.47 Å². The SMILES string of the molecule is CCN1C[C@@]2(C)C3CC4C1C3(C1CC3C(O)C1[C@]4(OC)C[C@@H]3OC)[C@@H](O)C[C@H]2O. The van der Waals surface area contributed by atoms with Crippen molar-refractivity contribution in [2.75, 3.05) is 27.3 Å². The van der Waals surface area contributed by atoms with E-state index in [2.05, 4.69) is 18.7 Å². The predicted molar refractivity (Wildman–Crippen MR) is 106 cm³/mol. The molecule has 13 atom stereocenters. The Hall–Kier alpha value is -0.240. The molecule has 6 fully saturated rings. The van der Waals surface area contributed by atoms with Crippen LogP contribution in [0.15, 0.2) is 0 Å². The monoisotopic (exact) mass is 407 g/mol. The normalized spacial score (nSPS) is 65.1. The zero-order chi connectivity index (χ0) is 20.5. The molecule has 0 radical (unpaired) electrons. The van der Waals surface area contributed by atoms with Gasteiger partial charge >= 0.3 is 0 Å². The summed E-state index contributed by atoms with van der Waals surface area (Å²) < 4.78 is 12.4. The number of hydrogen-bond acceptors (Lipinski definition) is 6. The number of nitrogens with zero attached hydrogens (tertiary/aromatic N) is 1. The Labute approximate surface area is 173 Å². The molecule has 1 aliphatic heterocycles. The van der Waals surface area contributed by atoms with Crippen LogP contribution in [0.3, 0.4) is 0 Å². The highest BCUT2D eigenvalue weighted by atomic mass is 16.5. The fourth-order valence-corrected chi connectivity index (χ4v) is 10.4. The summed E-state index contributed by atoms with van der Waals surface area (Å²) >= 11 is 0. The van der Waals surface area contributed by atoms with E-state index in [0.717, 1.165) is 32.4 Å². The van der Waals surface area contributed by atoms with Crippen molar-refractivity contribution in [2.24, 2.45) is 40.4 Å². The minimum Gasteiger partial charge on any atom is -0.392 e. The fraction of sp³-hybridized carbons (Fsp3) is 1.00. The average molecular weight is 408 g/mol. The van der Waals surface area contributed by atoms with Crippen LogP contribution in [0.4, 0.5) is 0 Å². The van der Waals surface area contributed by atoms with Gasteiger partial charge in [0.1, 0.15) is 0 Å². The Morgan fingerprint density at radius 1 is 1.03 bits per heavy atom. The van der Waals surface area contributed by atoms with Crippen molar-refractivity contribution in [3.8, 4) is 0 Å². The van der Waals surface area contributed by atoms with Crippen LogP contribution < -0.4 is 0 Å². The Balaban J connectivity index is 1.61. The summed E-state index contributed by atoms with van der Waals surface area (Å²) in [4.78, 5) is 2.55. The lowest BCUT2D eigenvalue weighted by Crippen LogP contribution is -2.77. The van der Waals surface area contributed by atoms with E-state index in [1.54, 1.807) is 7.11 Å². The van der Waals surface area contributed by atoms with Gasteiger partial charge in [-0.25, -0.2) is 0 Å². The van der Waals surface area contributed by atoms with Crippen molar-refractivity contribution in [1.82, 2.24) is 4.90 Å². The summed E-state index contributed by atoms with van der Waals surface area (Å²) in [6.07, 6.45) is 1.75. The van der Waals surface area contributed by atoms with Crippen LogP contribution in [-0.4, -0.2) is 83.6 Å². The van der Waals surface area contributed by atoms with Crippen molar-refractivity contribution < 1.29 is 24.8 Å². The highest BCUT2D eigenvalue weighted by Crippen LogP contribution is 2.79. The highest BCUT2D eigenvalue weighted by Gasteiger charge is 2.84. The lowest BCUT2D eigenvalue weighted by molar-refractivity contribution is -0.287. The van der Waals surface area contributed by atoms with E-state index < -0.39 is 23.9 Å².